The Balaban J connectivity index is 1.46. The van der Waals surface area contributed by atoms with Gasteiger partial charge in [-0.25, -0.2) is 0 Å². The largest absolute Gasteiger partial charge is 0.391 e. The van der Waals surface area contributed by atoms with Gasteiger partial charge in [0.25, 0.3) is 0 Å². The van der Waals surface area contributed by atoms with E-state index in [2.05, 4.69) is 22.0 Å². The van der Waals surface area contributed by atoms with Gasteiger partial charge in [-0.2, -0.15) is 0 Å². The van der Waals surface area contributed by atoms with Crippen LogP contribution in [-0.4, -0.2) is 40.7 Å². The van der Waals surface area contributed by atoms with Gasteiger partial charge in [-0.05, 0) is 67.1 Å². The number of rotatable bonds is 6. The molecule has 1 aromatic heterocycles. The van der Waals surface area contributed by atoms with Crippen LogP contribution in [0.15, 0.2) is 48.8 Å². The molecule has 0 radical (unpaired) electrons. The number of pyridine rings is 1. The highest BCUT2D eigenvalue weighted by Gasteiger charge is 2.24. The number of aliphatic hydroxyl groups is 1. The minimum Gasteiger partial charge on any atom is -0.391 e. The van der Waals surface area contributed by atoms with Crippen molar-refractivity contribution in [2.75, 3.05) is 19.6 Å². The number of hydrogen-bond acceptors (Lipinski definition) is 3. The summed E-state index contributed by atoms with van der Waals surface area (Å²) in [5, 5.41) is 11.1. The van der Waals surface area contributed by atoms with Gasteiger partial charge in [-0.1, -0.05) is 23.7 Å². The molecule has 23 heavy (non-hydrogen) atoms. The van der Waals surface area contributed by atoms with Crippen molar-refractivity contribution in [1.29, 1.82) is 0 Å². The van der Waals surface area contributed by atoms with Gasteiger partial charge in [0.2, 0.25) is 0 Å². The lowest BCUT2D eigenvalue weighted by atomic mass is 10.00. The lowest BCUT2D eigenvalue weighted by Crippen LogP contribution is -2.32. The highest BCUT2D eigenvalue weighted by Crippen LogP contribution is 2.21. The molecule has 0 aliphatic carbocycles. The Hall–Kier alpha value is -1.42. The summed E-state index contributed by atoms with van der Waals surface area (Å²) in [6.45, 7) is 2.87. The third-order valence-electron chi connectivity index (χ3n) is 4.47. The van der Waals surface area contributed by atoms with Gasteiger partial charge in [0.1, 0.15) is 0 Å². The fraction of sp³-hybridized carbons (Fsp3) is 0.421. The fourth-order valence-corrected chi connectivity index (χ4v) is 3.61. The van der Waals surface area contributed by atoms with Gasteiger partial charge in [-0.3, -0.25) is 4.98 Å². The van der Waals surface area contributed by atoms with Crippen LogP contribution in [0.4, 0.5) is 0 Å². The van der Waals surface area contributed by atoms with Crippen LogP contribution in [0.1, 0.15) is 17.5 Å². The summed E-state index contributed by atoms with van der Waals surface area (Å²) in [6.07, 6.45) is 6.34. The lowest BCUT2D eigenvalue weighted by Gasteiger charge is -2.20. The van der Waals surface area contributed by atoms with Crippen LogP contribution in [0.2, 0.25) is 5.02 Å². The molecule has 1 saturated heterocycles. The maximum Gasteiger partial charge on any atom is 0.0707 e. The zero-order valence-corrected chi connectivity index (χ0v) is 14.0. The van der Waals surface area contributed by atoms with Crippen molar-refractivity contribution in [3.05, 3.63) is 64.9 Å². The smallest absolute Gasteiger partial charge is 0.0707 e. The van der Waals surface area contributed by atoms with Crippen molar-refractivity contribution in [3.8, 4) is 0 Å². The molecule has 1 N–H and O–H groups in total. The first kappa shape index (κ1) is 16.4. The highest BCUT2D eigenvalue weighted by molar-refractivity contribution is 6.30. The molecule has 0 bridgehead atoms. The number of halogens is 1. The first-order valence-corrected chi connectivity index (χ1v) is 8.60. The van der Waals surface area contributed by atoms with Crippen LogP contribution in [-0.2, 0) is 12.8 Å². The van der Waals surface area contributed by atoms with Crippen LogP contribution >= 0.6 is 11.6 Å². The van der Waals surface area contributed by atoms with E-state index in [4.69, 9.17) is 11.6 Å². The fourth-order valence-electron chi connectivity index (χ4n) is 3.40. The Bertz CT molecular complexity index is 620. The summed E-state index contributed by atoms with van der Waals surface area (Å²) in [6, 6.07) is 11.9. The second kappa shape index (κ2) is 7.91. The first-order valence-electron chi connectivity index (χ1n) is 8.23. The number of likely N-dealkylation sites (tertiary alicyclic amines) is 1. The molecule has 1 aliphatic rings. The maximum atomic E-state index is 10.3. The average Bonchev–Trinajstić information content (AvgIpc) is 2.95. The van der Waals surface area contributed by atoms with Gasteiger partial charge in [-0.15, -0.1) is 0 Å². The minimum absolute atomic E-state index is 0.340. The van der Waals surface area contributed by atoms with Crippen molar-refractivity contribution in [3.63, 3.8) is 0 Å². The molecule has 1 aliphatic heterocycles. The molecule has 2 unspecified atom stereocenters. The lowest BCUT2D eigenvalue weighted by molar-refractivity contribution is 0.123. The summed E-state index contributed by atoms with van der Waals surface area (Å²) >= 11 is 6.00. The van der Waals surface area contributed by atoms with Gasteiger partial charge in [0.05, 0.1) is 6.10 Å². The molecule has 3 rings (SSSR count). The molecule has 2 heterocycles. The molecule has 1 fully saturated rings. The Labute approximate surface area is 142 Å². The molecule has 0 spiro atoms. The zero-order chi connectivity index (χ0) is 16.1. The Morgan fingerprint density at radius 3 is 2.83 bits per heavy atom. The molecule has 4 heteroatoms. The number of benzene rings is 1. The van der Waals surface area contributed by atoms with Crippen molar-refractivity contribution in [2.45, 2.75) is 25.4 Å². The van der Waals surface area contributed by atoms with Crippen molar-refractivity contribution < 1.29 is 5.11 Å². The highest BCUT2D eigenvalue weighted by atomic mass is 35.5. The van der Waals surface area contributed by atoms with Gasteiger partial charge in [0, 0.05) is 30.5 Å². The van der Waals surface area contributed by atoms with Gasteiger partial charge < -0.3 is 10.0 Å². The number of nitrogens with zero attached hydrogens (tertiary/aromatic N) is 2. The number of β-amino-alcohol motifs (C(OH)–C–C–N with tert-alkyl or cyclic N) is 1. The third kappa shape index (κ3) is 5.03. The first-order chi connectivity index (χ1) is 11.2. The summed E-state index contributed by atoms with van der Waals surface area (Å²) in [5.74, 6) is 0.677. The molecule has 2 aromatic rings. The van der Waals surface area contributed by atoms with E-state index in [-0.39, 0.29) is 6.10 Å². The molecule has 3 nitrogen and oxygen atoms in total. The monoisotopic (exact) mass is 330 g/mol. The van der Waals surface area contributed by atoms with E-state index in [9.17, 15) is 5.11 Å². The van der Waals surface area contributed by atoms with E-state index in [0.29, 0.717) is 12.3 Å². The molecular weight excluding hydrogens is 308 g/mol. The van der Waals surface area contributed by atoms with E-state index in [1.807, 2.05) is 36.7 Å². The Morgan fingerprint density at radius 2 is 2.04 bits per heavy atom. The van der Waals surface area contributed by atoms with E-state index >= 15 is 0 Å². The maximum absolute atomic E-state index is 10.3. The second-order valence-corrected chi connectivity index (χ2v) is 6.90. The topological polar surface area (TPSA) is 36.4 Å². The molecule has 0 amide bonds. The molecule has 2 atom stereocenters. The molecular formula is C19H23ClN2O. The SMILES string of the molecule is OC(Cc1cccc(Cl)c1)CN1CCC(Cc2ccncc2)C1. The second-order valence-electron chi connectivity index (χ2n) is 6.46. The predicted octanol–water partition coefficient (Wildman–Crippen LogP) is 3.20. The summed E-state index contributed by atoms with van der Waals surface area (Å²) in [5.41, 5.74) is 2.45. The molecule has 1 aromatic carbocycles. The van der Waals surface area contributed by atoms with E-state index < -0.39 is 0 Å². The van der Waals surface area contributed by atoms with Crippen LogP contribution in [0.3, 0.4) is 0 Å². The quantitative estimate of drug-likeness (QED) is 0.883. The average molecular weight is 331 g/mol. The summed E-state index contributed by atoms with van der Waals surface area (Å²) in [4.78, 5) is 6.44. The van der Waals surface area contributed by atoms with E-state index in [1.54, 1.807) is 0 Å². The van der Waals surface area contributed by atoms with Crippen molar-refractivity contribution in [1.82, 2.24) is 9.88 Å². The normalized spacial score (nSPS) is 19.8. The predicted molar refractivity (Wildman–Crippen MR) is 93.7 cm³/mol. The van der Waals surface area contributed by atoms with Crippen LogP contribution in [0.25, 0.3) is 0 Å². The van der Waals surface area contributed by atoms with Crippen LogP contribution in [0.5, 0.6) is 0 Å². The number of aromatic nitrogens is 1. The Morgan fingerprint density at radius 1 is 1.22 bits per heavy atom. The molecule has 122 valence electrons. The summed E-state index contributed by atoms with van der Waals surface area (Å²) in [7, 11) is 0. The zero-order valence-electron chi connectivity index (χ0n) is 13.2. The number of hydrogen-bond donors (Lipinski definition) is 1. The van der Waals surface area contributed by atoms with Crippen molar-refractivity contribution >= 4 is 11.6 Å². The van der Waals surface area contributed by atoms with Gasteiger partial charge >= 0.3 is 0 Å². The number of aliphatic hydroxyl groups excluding tert-OH is 1. The minimum atomic E-state index is -0.340. The standard InChI is InChI=1S/C19H23ClN2O/c20-18-3-1-2-16(11-18)12-19(23)14-22-9-6-17(13-22)10-15-4-7-21-8-5-15/h1-5,7-8,11,17,19,23H,6,9-10,12-14H2. The van der Waals surface area contributed by atoms with Crippen molar-refractivity contribution in [2.24, 2.45) is 5.92 Å². The third-order valence-corrected chi connectivity index (χ3v) is 4.71. The van der Waals surface area contributed by atoms with E-state index in [1.165, 1.54) is 12.0 Å². The summed E-state index contributed by atoms with van der Waals surface area (Å²) < 4.78 is 0. The van der Waals surface area contributed by atoms with Crippen LogP contribution in [0, 0.1) is 5.92 Å². The van der Waals surface area contributed by atoms with E-state index in [0.717, 1.165) is 36.6 Å². The molecule has 0 saturated carbocycles. The van der Waals surface area contributed by atoms with Crippen LogP contribution < -0.4 is 0 Å². The van der Waals surface area contributed by atoms with Gasteiger partial charge in [0.15, 0.2) is 0 Å². The Kier molecular flexibility index (Phi) is 5.65.